The van der Waals surface area contributed by atoms with Crippen molar-refractivity contribution in [2.24, 2.45) is 0 Å². The van der Waals surface area contributed by atoms with Crippen LogP contribution in [0.2, 0.25) is 0 Å². The molecule has 1 aliphatic rings. The summed E-state index contributed by atoms with van der Waals surface area (Å²) in [5, 5.41) is 0. The molecule has 0 saturated carbocycles. The van der Waals surface area contributed by atoms with Gasteiger partial charge in [-0.05, 0) is 42.7 Å². The molecule has 2 aromatic rings. The van der Waals surface area contributed by atoms with Crippen molar-refractivity contribution < 1.29 is 18.7 Å². The first-order chi connectivity index (χ1) is 13.9. The molecule has 0 aliphatic carbocycles. The number of rotatable bonds is 8. The third-order valence-corrected chi connectivity index (χ3v) is 5.16. The van der Waals surface area contributed by atoms with Crippen LogP contribution in [0.15, 0.2) is 42.5 Å². The summed E-state index contributed by atoms with van der Waals surface area (Å²) in [6.45, 7) is 5.85. The lowest BCUT2D eigenvalue weighted by atomic mass is 9.96. The number of nitrogens with zero attached hydrogens (tertiary/aromatic N) is 2. The first-order valence-corrected chi connectivity index (χ1v) is 10.0. The van der Waals surface area contributed by atoms with E-state index in [1.165, 1.54) is 6.07 Å². The molecule has 1 amide bonds. The van der Waals surface area contributed by atoms with Gasteiger partial charge in [0.2, 0.25) is 5.91 Å². The van der Waals surface area contributed by atoms with E-state index in [1.54, 1.807) is 31.1 Å². The normalized spacial score (nSPS) is 14.9. The van der Waals surface area contributed by atoms with Crippen molar-refractivity contribution in [2.75, 3.05) is 38.7 Å². The van der Waals surface area contributed by atoms with E-state index in [9.17, 15) is 9.18 Å². The second-order valence-corrected chi connectivity index (χ2v) is 7.65. The fraction of sp³-hybridized carbons (Fsp3) is 0.435. The van der Waals surface area contributed by atoms with Crippen LogP contribution in [-0.2, 0) is 4.79 Å². The lowest BCUT2D eigenvalue weighted by molar-refractivity contribution is -0.129. The number of amides is 1. The Hall–Kier alpha value is -2.76. The minimum absolute atomic E-state index is 0.0428. The van der Waals surface area contributed by atoms with Gasteiger partial charge in [-0.25, -0.2) is 4.39 Å². The van der Waals surface area contributed by atoms with Gasteiger partial charge in [0.15, 0.2) is 11.6 Å². The van der Waals surface area contributed by atoms with Crippen LogP contribution in [0.5, 0.6) is 11.5 Å². The molecule has 1 fully saturated rings. The van der Waals surface area contributed by atoms with Crippen molar-refractivity contribution in [3.8, 4) is 11.5 Å². The summed E-state index contributed by atoms with van der Waals surface area (Å²) in [6.07, 6.45) is 0.457. The van der Waals surface area contributed by atoms with Crippen LogP contribution < -0.4 is 14.4 Å². The molecule has 0 spiro atoms. The molecule has 2 aromatic carbocycles. The fourth-order valence-electron chi connectivity index (χ4n) is 3.31. The number of benzene rings is 2. The summed E-state index contributed by atoms with van der Waals surface area (Å²) < 4.78 is 25.2. The SMILES string of the molecule is CCOc1ccc(OC2CN(c3ccc([C@H](C)CC(=O)N(C)C)cc3)C2)c(F)c1. The second kappa shape index (κ2) is 9.16. The smallest absolute Gasteiger partial charge is 0.222 e. The van der Waals surface area contributed by atoms with Crippen molar-refractivity contribution in [1.82, 2.24) is 4.90 Å². The Balaban J connectivity index is 1.51. The molecular formula is C23H29FN2O3. The van der Waals surface area contributed by atoms with Crippen molar-refractivity contribution in [2.45, 2.75) is 32.3 Å². The molecule has 1 heterocycles. The van der Waals surface area contributed by atoms with Gasteiger partial charge >= 0.3 is 0 Å². The van der Waals surface area contributed by atoms with E-state index in [0.29, 0.717) is 31.9 Å². The van der Waals surface area contributed by atoms with Gasteiger partial charge in [0.1, 0.15) is 11.9 Å². The Bertz CT molecular complexity index is 833. The summed E-state index contributed by atoms with van der Waals surface area (Å²) in [5.41, 5.74) is 2.25. The summed E-state index contributed by atoms with van der Waals surface area (Å²) in [6, 6.07) is 13.0. The monoisotopic (exact) mass is 400 g/mol. The molecule has 1 aliphatic heterocycles. The number of halogens is 1. The van der Waals surface area contributed by atoms with Crippen LogP contribution in [0.1, 0.15) is 31.7 Å². The summed E-state index contributed by atoms with van der Waals surface area (Å²) in [4.78, 5) is 15.7. The van der Waals surface area contributed by atoms with E-state index < -0.39 is 5.82 Å². The molecular weight excluding hydrogens is 371 g/mol. The van der Waals surface area contributed by atoms with Crippen molar-refractivity contribution in [3.63, 3.8) is 0 Å². The second-order valence-electron chi connectivity index (χ2n) is 7.65. The molecule has 0 N–H and O–H groups in total. The molecule has 0 unspecified atom stereocenters. The molecule has 0 radical (unpaired) electrons. The molecule has 6 heteroatoms. The minimum atomic E-state index is -0.403. The van der Waals surface area contributed by atoms with Gasteiger partial charge in [-0.1, -0.05) is 19.1 Å². The van der Waals surface area contributed by atoms with Crippen molar-refractivity contribution >= 4 is 11.6 Å². The molecule has 156 valence electrons. The minimum Gasteiger partial charge on any atom is -0.494 e. The summed E-state index contributed by atoms with van der Waals surface area (Å²) in [5.74, 6) is 0.668. The van der Waals surface area contributed by atoms with E-state index in [1.807, 2.05) is 6.92 Å². The third kappa shape index (κ3) is 5.19. The van der Waals surface area contributed by atoms with Crippen LogP contribution in [0.3, 0.4) is 0 Å². The number of hydrogen-bond acceptors (Lipinski definition) is 4. The van der Waals surface area contributed by atoms with E-state index in [-0.39, 0.29) is 23.7 Å². The van der Waals surface area contributed by atoms with Gasteiger partial charge < -0.3 is 19.3 Å². The molecule has 0 bridgehead atoms. The Morgan fingerprint density at radius 1 is 1.21 bits per heavy atom. The van der Waals surface area contributed by atoms with E-state index in [2.05, 4.69) is 36.1 Å². The predicted molar refractivity (Wildman–Crippen MR) is 112 cm³/mol. The molecule has 1 atom stereocenters. The zero-order chi connectivity index (χ0) is 21.0. The Morgan fingerprint density at radius 2 is 1.90 bits per heavy atom. The van der Waals surface area contributed by atoms with Gasteiger partial charge in [-0.15, -0.1) is 0 Å². The molecule has 5 nitrogen and oxygen atoms in total. The highest BCUT2D eigenvalue weighted by Crippen LogP contribution is 2.29. The quantitative estimate of drug-likeness (QED) is 0.670. The highest BCUT2D eigenvalue weighted by atomic mass is 19.1. The number of carbonyl (C=O) groups is 1. The third-order valence-electron chi connectivity index (χ3n) is 5.16. The predicted octanol–water partition coefficient (Wildman–Crippen LogP) is 4.07. The maximum atomic E-state index is 14.1. The van der Waals surface area contributed by atoms with Gasteiger partial charge in [-0.2, -0.15) is 0 Å². The van der Waals surface area contributed by atoms with E-state index in [4.69, 9.17) is 9.47 Å². The average molecular weight is 400 g/mol. The van der Waals surface area contributed by atoms with Crippen LogP contribution in [-0.4, -0.2) is 50.7 Å². The topological polar surface area (TPSA) is 42.0 Å². The summed E-state index contributed by atoms with van der Waals surface area (Å²) in [7, 11) is 3.56. The first kappa shape index (κ1) is 21.0. The van der Waals surface area contributed by atoms with Crippen molar-refractivity contribution in [3.05, 3.63) is 53.8 Å². The van der Waals surface area contributed by atoms with E-state index in [0.717, 1.165) is 11.3 Å². The van der Waals surface area contributed by atoms with Gasteiger partial charge in [0, 0.05) is 32.3 Å². The number of carbonyl (C=O) groups excluding carboxylic acids is 1. The first-order valence-electron chi connectivity index (χ1n) is 10.0. The number of ether oxygens (including phenoxy) is 2. The standard InChI is InChI=1S/C23H29FN2O3/c1-5-28-19-10-11-22(21(24)13-19)29-20-14-26(15-20)18-8-6-17(7-9-18)16(2)12-23(27)25(3)4/h6-11,13,16,20H,5,12,14-15H2,1-4H3/t16-/m1/s1. The van der Waals surface area contributed by atoms with Crippen LogP contribution in [0, 0.1) is 5.82 Å². The zero-order valence-electron chi connectivity index (χ0n) is 17.5. The van der Waals surface area contributed by atoms with Crippen LogP contribution in [0.4, 0.5) is 10.1 Å². The fourth-order valence-corrected chi connectivity index (χ4v) is 3.31. The van der Waals surface area contributed by atoms with Crippen molar-refractivity contribution in [1.29, 1.82) is 0 Å². The molecule has 1 saturated heterocycles. The van der Waals surface area contributed by atoms with Crippen LogP contribution in [0.25, 0.3) is 0 Å². The van der Waals surface area contributed by atoms with Gasteiger partial charge in [0.05, 0.1) is 19.7 Å². The lowest BCUT2D eigenvalue weighted by Crippen LogP contribution is -2.54. The Morgan fingerprint density at radius 3 is 2.48 bits per heavy atom. The zero-order valence-corrected chi connectivity index (χ0v) is 17.5. The largest absolute Gasteiger partial charge is 0.494 e. The highest BCUT2D eigenvalue weighted by molar-refractivity contribution is 5.76. The maximum Gasteiger partial charge on any atom is 0.222 e. The number of hydrogen-bond donors (Lipinski definition) is 0. The molecule has 0 aromatic heterocycles. The molecule has 29 heavy (non-hydrogen) atoms. The average Bonchev–Trinajstić information content (AvgIpc) is 2.66. The van der Waals surface area contributed by atoms with Crippen LogP contribution >= 0.6 is 0 Å². The van der Waals surface area contributed by atoms with Gasteiger partial charge in [-0.3, -0.25) is 4.79 Å². The van der Waals surface area contributed by atoms with E-state index >= 15 is 0 Å². The Kier molecular flexibility index (Phi) is 6.62. The molecule has 3 rings (SSSR count). The summed E-state index contributed by atoms with van der Waals surface area (Å²) >= 11 is 0. The maximum absolute atomic E-state index is 14.1. The highest BCUT2D eigenvalue weighted by Gasteiger charge is 2.29. The Labute approximate surface area is 172 Å². The van der Waals surface area contributed by atoms with Gasteiger partial charge in [0.25, 0.3) is 0 Å². The lowest BCUT2D eigenvalue weighted by Gasteiger charge is -2.40. The number of anilines is 1.